The van der Waals surface area contributed by atoms with Crippen LogP contribution < -0.4 is 0 Å². The number of benzene rings is 1. The van der Waals surface area contributed by atoms with Gasteiger partial charge in [0.1, 0.15) is 0 Å². The fraction of sp³-hybridized carbons (Fsp3) is 0.0833. The molecular weight excluding hydrogens is 208 g/mol. The molecule has 0 aliphatic rings. The van der Waals surface area contributed by atoms with Gasteiger partial charge in [-0.3, -0.25) is 4.99 Å². The molecule has 1 heterocycles. The van der Waals surface area contributed by atoms with Crippen molar-refractivity contribution in [2.45, 2.75) is 5.88 Å². The lowest BCUT2D eigenvalue weighted by molar-refractivity contribution is 1.34. The van der Waals surface area contributed by atoms with E-state index in [1.807, 2.05) is 42.6 Å². The first-order valence-electron chi connectivity index (χ1n) is 4.71. The number of para-hydroxylation sites is 1. The Morgan fingerprint density at radius 2 is 2.07 bits per heavy atom. The van der Waals surface area contributed by atoms with Gasteiger partial charge in [0.05, 0.1) is 17.6 Å². The van der Waals surface area contributed by atoms with Crippen molar-refractivity contribution in [1.82, 2.24) is 4.98 Å². The number of halogens is 1. The molecule has 15 heavy (non-hydrogen) atoms. The van der Waals surface area contributed by atoms with Crippen molar-refractivity contribution in [1.29, 1.82) is 0 Å². The molecule has 0 fully saturated rings. The van der Waals surface area contributed by atoms with Gasteiger partial charge in [-0.15, -0.1) is 11.6 Å². The monoisotopic (exact) mass is 218 g/mol. The molecule has 0 amide bonds. The number of hydrogen-bond acceptors (Lipinski definition) is 1. The Morgan fingerprint density at radius 3 is 2.80 bits per heavy atom. The summed E-state index contributed by atoms with van der Waals surface area (Å²) in [7, 11) is 0. The summed E-state index contributed by atoms with van der Waals surface area (Å²) in [6, 6.07) is 11.8. The third-order valence-corrected chi connectivity index (χ3v) is 2.39. The summed E-state index contributed by atoms with van der Waals surface area (Å²) >= 11 is 5.81. The zero-order valence-corrected chi connectivity index (χ0v) is 8.91. The molecule has 1 aromatic heterocycles. The minimum Gasteiger partial charge on any atom is -0.360 e. The van der Waals surface area contributed by atoms with Gasteiger partial charge in [0.25, 0.3) is 0 Å². The summed E-state index contributed by atoms with van der Waals surface area (Å²) in [6.45, 7) is 0. The lowest BCUT2D eigenvalue weighted by Crippen LogP contribution is -1.81. The smallest absolute Gasteiger partial charge is 0.0674 e. The van der Waals surface area contributed by atoms with Gasteiger partial charge >= 0.3 is 0 Å². The van der Waals surface area contributed by atoms with Crippen LogP contribution in [0.3, 0.4) is 0 Å². The largest absolute Gasteiger partial charge is 0.360 e. The Hall–Kier alpha value is -1.54. The molecule has 0 atom stereocenters. The van der Waals surface area contributed by atoms with Crippen LogP contribution in [-0.2, 0) is 5.88 Å². The average Bonchev–Trinajstić information content (AvgIpc) is 2.79. The molecule has 0 aliphatic heterocycles. The Morgan fingerprint density at radius 1 is 1.20 bits per heavy atom. The molecule has 0 aliphatic carbocycles. The highest BCUT2D eigenvalue weighted by Crippen LogP contribution is 2.19. The molecule has 0 saturated heterocycles. The summed E-state index contributed by atoms with van der Waals surface area (Å²) in [5, 5.41) is 0. The molecule has 2 rings (SSSR count). The fourth-order valence-electron chi connectivity index (χ4n) is 1.31. The minimum atomic E-state index is 0.484. The fourth-order valence-corrected chi connectivity index (χ4v) is 1.54. The van der Waals surface area contributed by atoms with E-state index in [1.165, 1.54) is 0 Å². The zero-order valence-electron chi connectivity index (χ0n) is 8.15. The van der Waals surface area contributed by atoms with E-state index in [0.717, 1.165) is 16.9 Å². The molecule has 2 nitrogen and oxygen atoms in total. The SMILES string of the molecule is ClCc1ccccc1N=Cc1ccc[nH]1. The van der Waals surface area contributed by atoms with Crippen LogP contribution in [0.4, 0.5) is 5.69 Å². The van der Waals surface area contributed by atoms with Gasteiger partial charge in [-0.25, -0.2) is 0 Å². The zero-order chi connectivity index (χ0) is 10.5. The van der Waals surface area contributed by atoms with Crippen molar-refractivity contribution in [3.63, 3.8) is 0 Å². The van der Waals surface area contributed by atoms with E-state index in [0.29, 0.717) is 5.88 Å². The van der Waals surface area contributed by atoms with Gasteiger partial charge in [-0.2, -0.15) is 0 Å². The lowest BCUT2D eigenvalue weighted by atomic mass is 10.2. The van der Waals surface area contributed by atoms with E-state index in [9.17, 15) is 0 Å². The molecule has 0 unspecified atom stereocenters. The average molecular weight is 219 g/mol. The van der Waals surface area contributed by atoms with Gasteiger partial charge in [-0.1, -0.05) is 18.2 Å². The normalized spacial score (nSPS) is 11.0. The molecule has 0 spiro atoms. The highest BCUT2D eigenvalue weighted by Gasteiger charge is 1.96. The number of H-pyrrole nitrogens is 1. The van der Waals surface area contributed by atoms with Crippen molar-refractivity contribution < 1.29 is 0 Å². The Labute approximate surface area is 93.6 Å². The molecular formula is C12H11ClN2. The van der Waals surface area contributed by atoms with Crippen LogP contribution in [0, 0.1) is 0 Å². The van der Waals surface area contributed by atoms with E-state index in [4.69, 9.17) is 11.6 Å². The molecule has 3 heteroatoms. The maximum atomic E-state index is 5.81. The number of nitrogens with one attached hydrogen (secondary N) is 1. The first-order valence-corrected chi connectivity index (χ1v) is 5.25. The van der Waals surface area contributed by atoms with Crippen LogP contribution in [0.15, 0.2) is 47.6 Å². The number of aromatic amines is 1. The van der Waals surface area contributed by atoms with Crippen molar-refractivity contribution in [3.05, 3.63) is 53.9 Å². The van der Waals surface area contributed by atoms with Crippen molar-refractivity contribution in [3.8, 4) is 0 Å². The molecule has 76 valence electrons. The molecule has 0 radical (unpaired) electrons. The Kier molecular flexibility index (Phi) is 3.20. The first kappa shape index (κ1) is 9.99. The van der Waals surface area contributed by atoms with Crippen molar-refractivity contribution in [2.24, 2.45) is 4.99 Å². The maximum absolute atomic E-state index is 5.81. The van der Waals surface area contributed by atoms with Crippen molar-refractivity contribution >= 4 is 23.5 Å². The van der Waals surface area contributed by atoms with Gasteiger partial charge < -0.3 is 4.98 Å². The lowest BCUT2D eigenvalue weighted by Gasteiger charge is -1.99. The van der Waals surface area contributed by atoms with Crippen molar-refractivity contribution in [2.75, 3.05) is 0 Å². The van der Waals surface area contributed by atoms with Crippen LogP contribution in [0.5, 0.6) is 0 Å². The van der Waals surface area contributed by atoms with Gasteiger partial charge in [-0.05, 0) is 23.8 Å². The second-order valence-corrected chi connectivity index (χ2v) is 3.41. The van der Waals surface area contributed by atoms with Gasteiger partial charge in [0.2, 0.25) is 0 Å². The summed E-state index contributed by atoms with van der Waals surface area (Å²) in [5.74, 6) is 0.484. The number of hydrogen-bond donors (Lipinski definition) is 1. The molecule has 2 aromatic rings. The number of alkyl halides is 1. The second-order valence-electron chi connectivity index (χ2n) is 3.15. The Bertz CT molecular complexity index is 446. The summed E-state index contributed by atoms with van der Waals surface area (Å²) in [4.78, 5) is 7.44. The number of aliphatic imine (C=N–C) groups is 1. The third-order valence-electron chi connectivity index (χ3n) is 2.10. The van der Waals surface area contributed by atoms with E-state index in [-0.39, 0.29) is 0 Å². The topological polar surface area (TPSA) is 28.1 Å². The van der Waals surface area contributed by atoms with Crippen LogP contribution >= 0.6 is 11.6 Å². The van der Waals surface area contributed by atoms with E-state index in [2.05, 4.69) is 9.98 Å². The minimum absolute atomic E-state index is 0.484. The summed E-state index contributed by atoms with van der Waals surface area (Å²) < 4.78 is 0. The molecule has 1 N–H and O–H groups in total. The molecule has 1 aromatic carbocycles. The van der Waals surface area contributed by atoms with Crippen LogP contribution in [-0.4, -0.2) is 11.2 Å². The molecule has 0 saturated carbocycles. The summed E-state index contributed by atoms with van der Waals surface area (Å²) in [6.07, 6.45) is 3.67. The number of aromatic nitrogens is 1. The third kappa shape index (κ3) is 2.48. The number of rotatable bonds is 3. The highest BCUT2D eigenvalue weighted by molar-refractivity contribution is 6.17. The number of nitrogens with zero attached hydrogens (tertiary/aromatic N) is 1. The molecule has 0 bridgehead atoms. The van der Waals surface area contributed by atoms with Gasteiger partial charge in [0, 0.05) is 12.1 Å². The Balaban J connectivity index is 2.24. The van der Waals surface area contributed by atoms with Gasteiger partial charge in [0.15, 0.2) is 0 Å². The standard InChI is InChI=1S/C12H11ClN2/c13-8-10-4-1-2-6-12(10)15-9-11-5-3-7-14-11/h1-7,9,14H,8H2. The summed E-state index contributed by atoms with van der Waals surface area (Å²) in [5.41, 5.74) is 2.95. The highest BCUT2D eigenvalue weighted by atomic mass is 35.5. The van der Waals surface area contributed by atoms with E-state index >= 15 is 0 Å². The quantitative estimate of drug-likeness (QED) is 0.604. The van der Waals surface area contributed by atoms with Crippen LogP contribution in [0.25, 0.3) is 0 Å². The van der Waals surface area contributed by atoms with Crippen LogP contribution in [0.1, 0.15) is 11.3 Å². The predicted octanol–water partition coefficient (Wildman–Crippen LogP) is 3.50. The van der Waals surface area contributed by atoms with Crippen LogP contribution in [0.2, 0.25) is 0 Å². The predicted molar refractivity (Wildman–Crippen MR) is 64.0 cm³/mol. The maximum Gasteiger partial charge on any atom is 0.0674 e. The van der Waals surface area contributed by atoms with E-state index in [1.54, 1.807) is 6.21 Å². The van der Waals surface area contributed by atoms with E-state index < -0.39 is 0 Å². The first-order chi connectivity index (χ1) is 7.40. The second kappa shape index (κ2) is 4.80.